The molecule has 0 spiro atoms. The largest absolute Gasteiger partial charge is 0.471 e. The number of benzene rings is 1. The fourth-order valence-electron chi connectivity index (χ4n) is 1.27. The van der Waals surface area contributed by atoms with Crippen LogP contribution in [0.1, 0.15) is 17.3 Å². The third-order valence-corrected chi connectivity index (χ3v) is 2.07. The van der Waals surface area contributed by atoms with Crippen LogP contribution >= 0.6 is 0 Å². The van der Waals surface area contributed by atoms with Crippen LogP contribution in [0.15, 0.2) is 30.3 Å². The maximum Gasteiger partial charge on any atom is 0.471 e. The summed E-state index contributed by atoms with van der Waals surface area (Å²) in [7, 11) is 0. The zero-order chi connectivity index (χ0) is 13.1. The molecule has 0 aliphatic heterocycles. The van der Waals surface area contributed by atoms with Crippen molar-refractivity contribution in [3.8, 4) is 0 Å². The average Bonchev–Trinajstić information content (AvgIpc) is 2.29. The summed E-state index contributed by atoms with van der Waals surface area (Å²) < 4.78 is 36.7. The smallest absolute Gasteiger partial charge is 0.271 e. The number of hydrogen-bond donors (Lipinski definition) is 0. The van der Waals surface area contributed by atoms with Crippen LogP contribution in [-0.4, -0.2) is 29.4 Å². The van der Waals surface area contributed by atoms with E-state index in [0.29, 0.717) is 0 Å². The van der Waals surface area contributed by atoms with Gasteiger partial charge in [0.2, 0.25) is 0 Å². The summed E-state index contributed by atoms with van der Waals surface area (Å²) in [6.45, 7) is 0.983. The Kier molecular flexibility index (Phi) is 3.88. The number of nitrogens with zero attached hydrogens (tertiary/aromatic N) is 1. The second-order valence-corrected chi connectivity index (χ2v) is 3.22. The second-order valence-electron chi connectivity index (χ2n) is 3.22. The molecular formula is C11H10F3NO2. The van der Waals surface area contributed by atoms with E-state index in [2.05, 4.69) is 0 Å². The van der Waals surface area contributed by atoms with E-state index in [4.69, 9.17) is 0 Å². The number of carbonyl (C=O) groups is 2. The number of halogens is 3. The molecule has 1 rings (SSSR count). The first-order valence-corrected chi connectivity index (χ1v) is 4.86. The number of hydrogen-bond acceptors (Lipinski definition) is 2. The van der Waals surface area contributed by atoms with Crippen LogP contribution in [0.2, 0.25) is 0 Å². The third-order valence-electron chi connectivity index (χ3n) is 2.07. The molecule has 0 bridgehead atoms. The van der Waals surface area contributed by atoms with Gasteiger partial charge in [-0.15, -0.1) is 0 Å². The van der Waals surface area contributed by atoms with Gasteiger partial charge in [-0.25, -0.2) is 0 Å². The lowest BCUT2D eigenvalue weighted by Crippen LogP contribution is -2.44. The Labute approximate surface area is 95.8 Å². The Morgan fingerprint density at radius 3 is 2.12 bits per heavy atom. The molecule has 0 aromatic heterocycles. The predicted octanol–water partition coefficient (Wildman–Crippen LogP) is 2.24. The van der Waals surface area contributed by atoms with Crippen LogP contribution in [0.25, 0.3) is 0 Å². The van der Waals surface area contributed by atoms with Gasteiger partial charge in [-0.05, 0) is 19.1 Å². The minimum absolute atomic E-state index is 0.0481. The Bertz CT molecular complexity index is 414. The summed E-state index contributed by atoms with van der Waals surface area (Å²) >= 11 is 0. The topological polar surface area (TPSA) is 37.4 Å². The first-order valence-electron chi connectivity index (χ1n) is 4.86. The lowest BCUT2D eigenvalue weighted by Gasteiger charge is -2.20. The normalized spacial score (nSPS) is 11.1. The van der Waals surface area contributed by atoms with Gasteiger partial charge in [-0.3, -0.25) is 14.5 Å². The zero-order valence-electron chi connectivity index (χ0n) is 8.99. The van der Waals surface area contributed by atoms with Crippen molar-refractivity contribution in [2.75, 3.05) is 6.54 Å². The highest BCUT2D eigenvalue weighted by atomic mass is 19.4. The predicted molar refractivity (Wildman–Crippen MR) is 54.2 cm³/mol. The van der Waals surface area contributed by atoms with E-state index in [0.717, 1.165) is 0 Å². The van der Waals surface area contributed by atoms with Gasteiger partial charge < -0.3 is 0 Å². The molecule has 1 aromatic rings. The molecule has 0 atom stereocenters. The van der Waals surface area contributed by atoms with Crippen LogP contribution in [0.5, 0.6) is 0 Å². The summed E-state index contributed by atoms with van der Waals surface area (Å²) in [5, 5.41) is 0. The molecule has 0 saturated heterocycles. The van der Waals surface area contributed by atoms with Crippen molar-refractivity contribution in [1.82, 2.24) is 4.90 Å². The number of amides is 2. The molecule has 3 nitrogen and oxygen atoms in total. The van der Waals surface area contributed by atoms with E-state index < -0.39 is 18.0 Å². The zero-order valence-corrected chi connectivity index (χ0v) is 8.99. The van der Waals surface area contributed by atoms with Gasteiger partial charge in [0, 0.05) is 12.1 Å². The van der Waals surface area contributed by atoms with Crippen LogP contribution in [0.4, 0.5) is 13.2 Å². The van der Waals surface area contributed by atoms with Gasteiger partial charge in [-0.2, -0.15) is 13.2 Å². The molecule has 6 heteroatoms. The number of carbonyl (C=O) groups excluding carboxylic acids is 2. The monoisotopic (exact) mass is 245 g/mol. The van der Waals surface area contributed by atoms with Crippen LogP contribution in [-0.2, 0) is 4.79 Å². The van der Waals surface area contributed by atoms with Crippen molar-refractivity contribution in [2.45, 2.75) is 13.1 Å². The van der Waals surface area contributed by atoms with Gasteiger partial charge in [0.25, 0.3) is 5.91 Å². The molecule has 92 valence electrons. The fourth-order valence-corrected chi connectivity index (χ4v) is 1.27. The highest BCUT2D eigenvalue weighted by Gasteiger charge is 2.44. The Hall–Kier alpha value is -1.85. The van der Waals surface area contributed by atoms with E-state index in [1.807, 2.05) is 0 Å². The molecule has 1 aromatic carbocycles. The number of rotatable bonds is 2. The maximum absolute atomic E-state index is 12.2. The maximum atomic E-state index is 12.2. The first kappa shape index (κ1) is 13.2. The molecule has 0 saturated carbocycles. The highest BCUT2D eigenvalue weighted by molar-refractivity contribution is 6.06. The van der Waals surface area contributed by atoms with Gasteiger partial charge >= 0.3 is 12.1 Å². The third kappa shape index (κ3) is 3.05. The molecule has 17 heavy (non-hydrogen) atoms. The molecule has 0 N–H and O–H groups in total. The number of imide groups is 1. The van der Waals surface area contributed by atoms with Crippen molar-refractivity contribution in [3.63, 3.8) is 0 Å². The van der Waals surface area contributed by atoms with E-state index >= 15 is 0 Å². The van der Waals surface area contributed by atoms with Gasteiger partial charge in [0.1, 0.15) is 0 Å². The summed E-state index contributed by atoms with van der Waals surface area (Å²) in [4.78, 5) is 22.8. The van der Waals surface area contributed by atoms with E-state index in [1.54, 1.807) is 6.07 Å². The van der Waals surface area contributed by atoms with Crippen molar-refractivity contribution in [2.24, 2.45) is 0 Å². The molecule has 0 fully saturated rings. The molecule has 0 aliphatic rings. The van der Waals surface area contributed by atoms with E-state index in [-0.39, 0.29) is 17.0 Å². The van der Waals surface area contributed by atoms with Gasteiger partial charge in [-0.1, -0.05) is 18.2 Å². The van der Waals surface area contributed by atoms with Gasteiger partial charge in [0.05, 0.1) is 0 Å². The van der Waals surface area contributed by atoms with Crippen LogP contribution in [0, 0.1) is 0 Å². The van der Waals surface area contributed by atoms with Crippen molar-refractivity contribution in [1.29, 1.82) is 0 Å². The standard InChI is InChI=1S/C11H10F3NO2/c1-2-15(10(17)11(12,13)14)9(16)8-6-4-3-5-7-8/h3-7H,2H2,1H3. The molecule has 0 heterocycles. The highest BCUT2D eigenvalue weighted by Crippen LogP contribution is 2.19. The summed E-state index contributed by atoms with van der Waals surface area (Å²) in [6, 6.07) is 7.36. The Balaban J connectivity index is 2.97. The van der Waals surface area contributed by atoms with Crippen molar-refractivity contribution in [3.05, 3.63) is 35.9 Å². The molecule has 0 aliphatic carbocycles. The Morgan fingerprint density at radius 1 is 1.18 bits per heavy atom. The lowest BCUT2D eigenvalue weighted by atomic mass is 10.2. The van der Waals surface area contributed by atoms with E-state index in [9.17, 15) is 22.8 Å². The van der Waals surface area contributed by atoms with Crippen molar-refractivity contribution >= 4 is 11.8 Å². The first-order chi connectivity index (χ1) is 7.88. The number of alkyl halides is 3. The summed E-state index contributed by atoms with van der Waals surface area (Å²) in [6.07, 6.45) is -5.04. The summed E-state index contributed by atoms with van der Waals surface area (Å²) in [5.41, 5.74) is 0.0481. The SMILES string of the molecule is CCN(C(=O)c1ccccc1)C(=O)C(F)(F)F. The van der Waals surface area contributed by atoms with Crippen LogP contribution < -0.4 is 0 Å². The van der Waals surface area contributed by atoms with Crippen molar-refractivity contribution < 1.29 is 22.8 Å². The minimum Gasteiger partial charge on any atom is -0.271 e. The molecule has 2 amide bonds. The second kappa shape index (κ2) is 4.99. The fraction of sp³-hybridized carbons (Fsp3) is 0.273. The lowest BCUT2D eigenvalue weighted by molar-refractivity contribution is -0.182. The Morgan fingerprint density at radius 2 is 1.71 bits per heavy atom. The molecule has 0 radical (unpaired) electrons. The summed E-state index contributed by atoms with van der Waals surface area (Å²) in [5.74, 6) is -3.09. The van der Waals surface area contributed by atoms with E-state index in [1.165, 1.54) is 31.2 Å². The average molecular weight is 245 g/mol. The molecular weight excluding hydrogens is 235 g/mol. The molecule has 0 unspecified atom stereocenters. The van der Waals surface area contributed by atoms with Gasteiger partial charge in [0.15, 0.2) is 0 Å². The quantitative estimate of drug-likeness (QED) is 0.801. The van der Waals surface area contributed by atoms with Crippen LogP contribution in [0.3, 0.4) is 0 Å². The minimum atomic E-state index is -5.04.